The van der Waals surface area contributed by atoms with Crippen molar-refractivity contribution in [2.45, 2.75) is 19.8 Å². The van der Waals surface area contributed by atoms with Crippen molar-refractivity contribution in [2.24, 2.45) is 0 Å². The van der Waals surface area contributed by atoms with Crippen molar-refractivity contribution in [3.8, 4) is 11.5 Å². The number of nitrogens with zero attached hydrogens (tertiary/aromatic N) is 2. The number of rotatable bonds is 3. The highest BCUT2D eigenvalue weighted by Crippen LogP contribution is 2.37. The number of fused-ring (bicyclic) bond motifs is 3. The topological polar surface area (TPSA) is 47.7 Å². The number of anilines is 1. The quantitative estimate of drug-likeness (QED) is 0.363. The van der Waals surface area contributed by atoms with E-state index in [1.807, 2.05) is 37.3 Å². The van der Waals surface area contributed by atoms with Crippen LogP contribution in [0.25, 0.3) is 22.2 Å². The molecule has 0 saturated heterocycles. The number of hydrogen-bond donors (Lipinski definition) is 0. The molecule has 6 rings (SSSR count). The lowest BCUT2D eigenvalue weighted by Crippen LogP contribution is -2.15. The van der Waals surface area contributed by atoms with Gasteiger partial charge in [-0.3, -0.25) is 0 Å². The first kappa shape index (κ1) is 19.7. The lowest BCUT2D eigenvalue weighted by Gasteiger charge is -2.26. The minimum absolute atomic E-state index is 0.669. The summed E-state index contributed by atoms with van der Waals surface area (Å²) >= 11 is 0. The first-order valence-electron chi connectivity index (χ1n) is 11.3. The molecule has 0 fully saturated rings. The van der Waals surface area contributed by atoms with Crippen molar-refractivity contribution in [3.63, 3.8) is 0 Å². The van der Waals surface area contributed by atoms with Crippen LogP contribution in [0.3, 0.4) is 0 Å². The van der Waals surface area contributed by atoms with Crippen LogP contribution < -0.4 is 14.4 Å². The highest BCUT2D eigenvalue weighted by atomic mass is 16.5. The molecule has 0 bridgehead atoms. The Morgan fingerprint density at radius 2 is 1.39 bits per heavy atom. The number of aromatic nitrogens is 1. The maximum Gasteiger partial charge on any atom is 0.192 e. The summed E-state index contributed by atoms with van der Waals surface area (Å²) in [7, 11) is 0. The van der Waals surface area contributed by atoms with E-state index in [-0.39, 0.29) is 0 Å². The molecule has 2 aliphatic rings. The third kappa shape index (κ3) is 3.76. The smallest absolute Gasteiger partial charge is 0.192 e. The third-order valence-corrected chi connectivity index (χ3v) is 6.09. The Morgan fingerprint density at radius 3 is 2.03 bits per heavy atom. The molecule has 0 spiro atoms. The molecule has 33 heavy (non-hydrogen) atoms. The second kappa shape index (κ2) is 8.17. The molecule has 4 aromatic rings. The van der Waals surface area contributed by atoms with E-state index in [1.165, 1.54) is 11.1 Å². The third-order valence-electron chi connectivity index (χ3n) is 6.09. The average Bonchev–Trinajstić information content (AvgIpc) is 3.23. The fraction of sp³-hybridized carbons (Fsp3) is 0.179. The summed E-state index contributed by atoms with van der Waals surface area (Å²) in [5, 5.41) is 0. The van der Waals surface area contributed by atoms with E-state index in [0.29, 0.717) is 19.1 Å². The van der Waals surface area contributed by atoms with Gasteiger partial charge in [-0.25, -0.2) is 4.98 Å². The number of hydrogen-bond acceptors (Lipinski definition) is 5. The van der Waals surface area contributed by atoms with Crippen molar-refractivity contribution in [3.05, 3.63) is 96.1 Å². The Bertz CT molecular complexity index is 1330. The molecule has 0 saturated carbocycles. The SMILES string of the molecule is Cc1nc2ccc(N(/C=C3\CCOc4ccccc43)/C=C3\CCOc4ccccc43)cc2o1. The van der Waals surface area contributed by atoms with E-state index >= 15 is 0 Å². The summed E-state index contributed by atoms with van der Waals surface area (Å²) in [6.07, 6.45) is 6.13. The van der Waals surface area contributed by atoms with Gasteiger partial charge in [0.05, 0.1) is 13.2 Å². The normalized spacial score (nSPS) is 17.4. The Hall–Kier alpha value is -3.99. The Balaban J connectivity index is 1.49. The zero-order chi connectivity index (χ0) is 22.2. The number of para-hydroxylation sites is 2. The lowest BCUT2D eigenvalue weighted by atomic mass is 9.99. The summed E-state index contributed by atoms with van der Waals surface area (Å²) in [5.41, 5.74) is 7.42. The highest BCUT2D eigenvalue weighted by molar-refractivity contribution is 5.82. The van der Waals surface area contributed by atoms with Crippen LogP contribution in [0.15, 0.2) is 83.5 Å². The molecule has 164 valence electrons. The van der Waals surface area contributed by atoms with E-state index in [1.54, 1.807) is 0 Å². The van der Waals surface area contributed by atoms with Crippen molar-refractivity contribution in [2.75, 3.05) is 18.1 Å². The zero-order valence-electron chi connectivity index (χ0n) is 18.5. The molecular formula is C28H24N2O3. The molecule has 0 atom stereocenters. The van der Waals surface area contributed by atoms with Gasteiger partial charge in [-0.2, -0.15) is 0 Å². The first-order valence-corrected chi connectivity index (χ1v) is 11.3. The van der Waals surface area contributed by atoms with E-state index in [9.17, 15) is 0 Å². The number of benzene rings is 3. The van der Waals surface area contributed by atoms with Gasteiger partial charge in [0.2, 0.25) is 0 Å². The van der Waals surface area contributed by atoms with Crippen LogP contribution in [-0.2, 0) is 0 Å². The maximum atomic E-state index is 5.88. The van der Waals surface area contributed by atoms with Gasteiger partial charge in [-0.1, -0.05) is 36.4 Å². The second-order valence-electron chi connectivity index (χ2n) is 8.29. The van der Waals surface area contributed by atoms with Gasteiger partial charge in [0.25, 0.3) is 0 Å². The van der Waals surface area contributed by atoms with Crippen LogP contribution in [0.2, 0.25) is 0 Å². The summed E-state index contributed by atoms with van der Waals surface area (Å²) in [4.78, 5) is 6.66. The highest BCUT2D eigenvalue weighted by Gasteiger charge is 2.19. The summed E-state index contributed by atoms with van der Waals surface area (Å²) in [5.74, 6) is 2.53. The van der Waals surface area contributed by atoms with E-state index in [4.69, 9.17) is 13.9 Å². The molecule has 5 heteroatoms. The van der Waals surface area contributed by atoms with Crippen LogP contribution >= 0.6 is 0 Å². The monoisotopic (exact) mass is 436 g/mol. The number of ether oxygens (including phenoxy) is 2. The molecule has 0 unspecified atom stereocenters. The van der Waals surface area contributed by atoms with Crippen LogP contribution in [0, 0.1) is 6.92 Å². The molecule has 0 aliphatic carbocycles. The maximum absolute atomic E-state index is 5.88. The molecule has 0 radical (unpaired) electrons. The summed E-state index contributed by atoms with van der Waals surface area (Å²) in [6.45, 7) is 3.22. The van der Waals surface area contributed by atoms with Gasteiger partial charge < -0.3 is 18.8 Å². The van der Waals surface area contributed by atoms with E-state index in [2.05, 4.69) is 58.7 Å². The van der Waals surface area contributed by atoms with Crippen LogP contribution in [0.4, 0.5) is 5.69 Å². The summed E-state index contributed by atoms with van der Waals surface area (Å²) in [6, 6.07) is 22.6. The van der Waals surface area contributed by atoms with Crippen molar-refractivity contribution < 1.29 is 13.9 Å². The van der Waals surface area contributed by atoms with E-state index in [0.717, 1.165) is 52.3 Å². The molecule has 2 aliphatic heterocycles. The van der Waals surface area contributed by atoms with Crippen molar-refractivity contribution >= 4 is 27.9 Å². The standard InChI is InChI=1S/C28H24N2O3/c1-19-29-25-11-10-22(16-28(25)33-19)30(17-20-12-14-31-26-8-4-2-6-23(20)26)18-21-13-15-32-27-9-5-3-7-24(21)27/h2-11,16-18H,12-15H2,1H3/b20-17+,21-18+. The van der Waals surface area contributed by atoms with Gasteiger partial charge in [-0.05, 0) is 35.4 Å². The fourth-order valence-corrected chi connectivity index (χ4v) is 4.51. The fourth-order valence-electron chi connectivity index (χ4n) is 4.51. The van der Waals surface area contributed by atoms with Crippen molar-refractivity contribution in [1.82, 2.24) is 4.98 Å². The Kier molecular flexibility index (Phi) is 4.87. The summed E-state index contributed by atoms with van der Waals surface area (Å²) < 4.78 is 17.6. The predicted molar refractivity (Wildman–Crippen MR) is 130 cm³/mol. The van der Waals surface area contributed by atoms with Gasteiger partial charge in [0.15, 0.2) is 11.5 Å². The van der Waals surface area contributed by atoms with Gasteiger partial charge in [0, 0.05) is 55.0 Å². The van der Waals surface area contributed by atoms with Gasteiger partial charge in [0.1, 0.15) is 17.0 Å². The van der Waals surface area contributed by atoms with Crippen molar-refractivity contribution in [1.29, 1.82) is 0 Å². The zero-order valence-corrected chi connectivity index (χ0v) is 18.5. The molecule has 3 aromatic carbocycles. The lowest BCUT2D eigenvalue weighted by molar-refractivity contribution is 0.316. The largest absolute Gasteiger partial charge is 0.493 e. The molecule has 3 heterocycles. The van der Waals surface area contributed by atoms with Gasteiger partial charge >= 0.3 is 0 Å². The molecule has 0 amide bonds. The predicted octanol–water partition coefficient (Wildman–Crippen LogP) is 6.59. The number of aryl methyl sites for hydroxylation is 1. The number of oxazole rings is 1. The van der Waals surface area contributed by atoms with Crippen LogP contribution in [0.5, 0.6) is 11.5 Å². The van der Waals surface area contributed by atoms with E-state index < -0.39 is 0 Å². The Labute approximate surface area is 192 Å². The van der Waals surface area contributed by atoms with Gasteiger partial charge in [-0.15, -0.1) is 0 Å². The molecule has 1 aromatic heterocycles. The minimum atomic E-state index is 0.669. The van der Waals surface area contributed by atoms with Crippen LogP contribution in [0.1, 0.15) is 29.9 Å². The average molecular weight is 437 g/mol. The first-order chi connectivity index (χ1) is 16.2. The second-order valence-corrected chi connectivity index (χ2v) is 8.29. The van der Waals surface area contributed by atoms with Crippen LogP contribution in [-0.4, -0.2) is 18.2 Å². The molecular weight excluding hydrogens is 412 g/mol. The minimum Gasteiger partial charge on any atom is -0.493 e. The molecule has 5 nitrogen and oxygen atoms in total. The molecule has 0 N–H and O–H groups in total. The Morgan fingerprint density at radius 1 is 0.788 bits per heavy atom.